The van der Waals surface area contributed by atoms with Crippen LogP contribution in [0.1, 0.15) is 26.7 Å². The molecule has 1 aromatic heterocycles. The molecule has 0 amide bonds. The van der Waals surface area contributed by atoms with Crippen molar-refractivity contribution in [2.45, 2.75) is 26.7 Å². The van der Waals surface area contributed by atoms with Crippen molar-refractivity contribution in [1.29, 1.82) is 0 Å². The molecule has 0 aliphatic heterocycles. The first-order valence-electron chi connectivity index (χ1n) is 5.98. The standard InChI is InChI=1S/C11H21N3O2S/c1-3-5-6-14(7-8-15)11-9(16-4-2)10(12)13-17-11/h15H,3-8H2,1-2H3,(H2,12,13). The summed E-state index contributed by atoms with van der Waals surface area (Å²) in [7, 11) is 0. The number of aliphatic hydroxyl groups excluding tert-OH is 1. The van der Waals surface area contributed by atoms with Gasteiger partial charge in [0.25, 0.3) is 0 Å². The molecule has 6 heteroatoms. The first-order valence-corrected chi connectivity index (χ1v) is 6.75. The second kappa shape index (κ2) is 7.34. The van der Waals surface area contributed by atoms with Gasteiger partial charge in [0.1, 0.15) is 0 Å². The summed E-state index contributed by atoms with van der Waals surface area (Å²) in [5.41, 5.74) is 5.78. The summed E-state index contributed by atoms with van der Waals surface area (Å²) in [5.74, 6) is 1.09. The third-order valence-electron chi connectivity index (χ3n) is 2.38. The molecular weight excluding hydrogens is 238 g/mol. The van der Waals surface area contributed by atoms with Gasteiger partial charge >= 0.3 is 0 Å². The predicted molar refractivity (Wildman–Crippen MR) is 71.9 cm³/mol. The van der Waals surface area contributed by atoms with E-state index in [2.05, 4.69) is 16.2 Å². The van der Waals surface area contributed by atoms with Crippen LogP contribution in [-0.2, 0) is 0 Å². The smallest absolute Gasteiger partial charge is 0.197 e. The average Bonchev–Trinajstić information content (AvgIpc) is 2.67. The van der Waals surface area contributed by atoms with E-state index in [0.29, 0.717) is 24.7 Å². The molecule has 0 saturated heterocycles. The summed E-state index contributed by atoms with van der Waals surface area (Å²) in [4.78, 5) is 2.09. The second-order valence-electron chi connectivity index (χ2n) is 3.70. The van der Waals surface area contributed by atoms with E-state index in [-0.39, 0.29) is 6.61 Å². The van der Waals surface area contributed by atoms with Gasteiger partial charge in [-0.2, -0.15) is 4.37 Å². The lowest BCUT2D eigenvalue weighted by atomic mass is 10.3. The number of nitrogens with two attached hydrogens (primary N) is 1. The highest BCUT2D eigenvalue weighted by Gasteiger charge is 2.18. The van der Waals surface area contributed by atoms with Crippen LogP contribution in [0, 0.1) is 0 Å². The molecule has 98 valence electrons. The van der Waals surface area contributed by atoms with Gasteiger partial charge in [-0.1, -0.05) is 13.3 Å². The molecule has 17 heavy (non-hydrogen) atoms. The van der Waals surface area contributed by atoms with Gasteiger partial charge in [0, 0.05) is 13.1 Å². The Morgan fingerprint density at radius 1 is 1.41 bits per heavy atom. The van der Waals surface area contributed by atoms with Crippen molar-refractivity contribution in [1.82, 2.24) is 4.37 Å². The van der Waals surface area contributed by atoms with Crippen LogP contribution in [0.25, 0.3) is 0 Å². The maximum atomic E-state index is 9.10. The number of aliphatic hydroxyl groups is 1. The predicted octanol–water partition coefficient (Wildman–Crippen LogP) is 1.72. The van der Waals surface area contributed by atoms with E-state index in [1.165, 1.54) is 11.5 Å². The van der Waals surface area contributed by atoms with Gasteiger partial charge in [-0.05, 0) is 24.9 Å². The lowest BCUT2D eigenvalue weighted by Crippen LogP contribution is -2.27. The van der Waals surface area contributed by atoms with Crippen molar-refractivity contribution in [2.24, 2.45) is 0 Å². The summed E-state index contributed by atoms with van der Waals surface area (Å²) in [6.45, 7) is 6.22. The topological polar surface area (TPSA) is 71.6 Å². The summed E-state index contributed by atoms with van der Waals surface area (Å²) in [6.07, 6.45) is 2.18. The van der Waals surface area contributed by atoms with Gasteiger partial charge < -0.3 is 20.5 Å². The molecule has 1 aromatic rings. The summed E-state index contributed by atoms with van der Waals surface area (Å²) >= 11 is 1.33. The van der Waals surface area contributed by atoms with E-state index >= 15 is 0 Å². The van der Waals surface area contributed by atoms with Crippen LogP contribution >= 0.6 is 11.5 Å². The summed E-state index contributed by atoms with van der Waals surface area (Å²) in [5, 5.41) is 10.0. The van der Waals surface area contributed by atoms with E-state index in [1.807, 2.05) is 6.92 Å². The monoisotopic (exact) mass is 259 g/mol. The zero-order valence-electron chi connectivity index (χ0n) is 10.5. The minimum atomic E-state index is 0.118. The second-order valence-corrected chi connectivity index (χ2v) is 4.45. The third kappa shape index (κ3) is 3.74. The van der Waals surface area contributed by atoms with Crippen LogP contribution in [0.2, 0.25) is 0 Å². The van der Waals surface area contributed by atoms with Gasteiger partial charge in [-0.3, -0.25) is 0 Å². The molecule has 0 aliphatic carbocycles. The van der Waals surface area contributed by atoms with Crippen LogP contribution in [0.5, 0.6) is 5.75 Å². The quantitative estimate of drug-likeness (QED) is 0.744. The van der Waals surface area contributed by atoms with Crippen molar-refractivity contribution in [2.75, 3.05) is 36.9 Å². The van der Waals surface area contributed by atoms with Crippen molar-refractivity contribution < 1.29 is 9.84 Å². The fourth-order valence-electron chi connectivity index (χ4n) is 1.55. The van der Waals surface area contributed by atoms with Crippen molar-refractivity contribution in [3.05, 3.63) is 0 Å². The molecule has 0 radical (unpaired) electrons. The Kier molecular flexibility index (Phi) is 6.07. The summed E-state index contributed by atoms with van der Waals surface area (Å²) < 4.78 is 9.63. The van der Waals surface area contributed by atoms with Gasteiger partial charge in [0.05, 0.1) is 13.2 Å². The van der Waals surface area contributed by atoms with Crippen molar-refractivity contribution in [3.8, 4) is 5.75 Å². The molecule has 0 aromatic carbocycles. The fourth-order valence-corrected chi connectivity index (χ4v) is 2.36. The Hall–Kier alpha value is -1.01. The number of ether oxygens (including phenoxy) is 1. The van der Waals surface area contributed by atoms with Gasteiger partial charge in [-0.15, -0.1) is 0 Å². The van der Waals surface area contributed by atoms with Gasteiger partial charge in [0.2, 0.25) is 0 Å². The molecule has 3 N–H and O–H groups in total. The maximum absolute atomic E-state index is 9.10. The molecule has 0 atom stereocenters. The minimum absolute atomic E-state index is 0.118. The maximum Gasteiger partial charge on any atom is 0.197 e. The van der Waals surface area contributed by atoms with Crippen LogP contribution in [-0.4, -0.2) is 35.8 Å². The third-order valence-corrected chi connectivity index (χ3v) is 3.29. The molecule has 5 nitrogen and oxygen atoms in total. The number of aromatic nitrogens is 1. The highest BCUT2D eigenvalue weighted by Crippen LogP contribution is 2.38. The van der Waals surface area contributed by atoms with E-state index in [9.17, 15) is 0 Å². The number of nitrogens with zero attached hydrogens (tertiary/aromatic N) is 2. The molecule has 1 heterocycles. The van der Waals surface area contributed by atoms with E-state index < -0.39 is 0 Å². The molecule has 0 fully saturated rings. The number of unbranched alkanes of at least 4 members (excludes halogenated alkanes) is 1. The lowest BCUT2D eigenvalue weighted by Gasteiger charge is -2.22. The Labute approximate surface area is 106 Å². The molecule has 1 rings (SSSR count). The van der Waals surface area contributed by atoms with Crippen LogP contribution in [0.4, 0.5) is 10.8 Å². The molecule has 0 unspecified atom stereocenters. The van der Waals surface area contributed by atoms with Gasteiger partial charge in [0.15, 0.2) is 16.6 Å². The zero-order chi connectivity index (χ0) is 12.7. The van der Waals surface area contributed by atoms with Gasteiger partial charge in [-0.25, -0.2) is 0 Å². The SMILES string of the molecule is CCCCN(CCO)c1snc(N)c1OCC. The van der Waals surface area contributed by atoms with Crippen molar-refractivity contribution >= 4 is 22.4 Å². The molecule has 0 bridgehead atoms. The van der Waals surface area contributed by atoms with E-state index in [0.717, 1.165) is 24.4 Å². The Balaban J connectivity index is 2.84. The number of anilines is 2. The lowest BCUT2D eigenvalue weighted by molar-refractivity contribution is 0.300. The molecule has 0 spiro atoms. The highest BCUT2D eigenvalue weighted by molar-refractivity contribution is 7.11. The Morgan fingerprint density at radius 3 is 2.76 bits per heavy atom. The van der Waals surface area contributed by atoms with Crippen molar-refractivity contribution in [3.63, 3.8) is 0 Å². The minimum Gasteiger partial charge on any atom is -0.487 e. The van der Waals surface area contributed by atoms with Crippen LogP contribution in [0.3, 0.4) is 0 Å². The average molecular weight is 259 g/mol. The van der Waals surface area contributed by atoms with E-state index in [4.69, 9.17) is 15.6 Å². The number of hydrogen-bond donors (Lipinski definition) is 2. The first-order chi connectivity index (χ1) is 8.24. The first kappa shape index (κ1) is 14.1. The normalized spacial score (nSPS) is 10.5. The van der Waals surface area contributed by atoms with E-state index in [1.54, 1.807) is 0 Å². The number of nitrogen functional groups attached to an aromatic ring is 1. The zero-order valence-corrected chi connectivity index (χ0v) is 11.3. The fraction of sp³-hybridized carbons (Fsp3) is 0.727. The largest absolute Gasteiger partial charge is 0.487 e. The van der Waals surface area contributed by atoms with Crippen LogP contribution < -0.4 is 15.4 Å². The van der Waals surface area contributed by atoms with Crippen LogP contribution in [0.15, 0.2) is 0 Å². The number of rotatable bonds is 8. The Bertz CT molecular complexity index is 331. The molecular formula is C11H21N3O2S. The molecule has 0 aliphatic rings. The Morgan fingerprint density at radius 2 is 2.18 bits per heavy atom. The number of hydrogen-bond acceptors (Lipinski definition) is 6. The summed E-state index contributed by atoms with van der Waals surface area (Å²) in [6, 6.07) is 0. The highest BCUT2D eigenvalue weighted by atomic mass is 32.1. The molecule has 0 saturated carbocycles.